The van der Waals surface area contributed by atoms with E-state index in [9.17, 15) is 0 Å². The number of fused-ring (bicyclic) bond motifs is 1. The van der Waals surface area contributed by atoms with Gasteiger partial charge in [-0.05, 0) is 68.4 Å². The summed E-state index contributed by atoms with van der Waals surface area (Å²) < 4.78 is 0. The monoisotopic (exact) mass is 740 g/mol. The summed E-state index contributed by atoms with van der Waals surface area (Å²) in [5, 5.41) is 2.36. The first-order valence-electron chi connectivity index (χ1n) is 19.5. The Kier molecular flexibility index (Phi) is 9.18. The van der Waals surface area contributed by atoms with Gasteiger partial charge in [0, 0.05) is 27.8 Å². The minimum atomic E-state index is 0.634. The Morgan fingerprint density at radius 3 is 1.02 bits per heavy atom. The molecule has 4 heteroatoms. The van der Waals surface area contributed by atoms with Gasteiger partial charge in [0.15, 0.2) is 17.5 Å². The summed E-state index contributed by atoms with van der Waals surface area (Å²) in [4.78, 5) is 20.0. The molecule has 10 aromatic rings. The number of rotatable bonds is 8. The third-order valence-corrected chi connectivity index (χ3v) is 10.5. The second-order valence-corrected chi connectivity index (χ2v) is 14.3. The zero-order valence-electron chi connectivity index (χ0n) is 31.6. The van der Waals surface area contributed by atoms with E-state index < -0.39 is 0 Å². The molecule has 4 nitrogen and oxygen atoms in total. The molecular formula is C54H36N4. The Balaban J connectivity index is 1.05. The predicted octanol–water partition coefficient (Wildman–Crippen LogP) is 13.8. The third kappa shape index (κ3) is 6.95. The van der Waals surface area contributed by atoms with Gasteiger partial charge in [0.25, 0.3) is 0 Å². The van der Waals surface area contributed by atoms with Crippen LogP contribution in [0.1, 0.15) is 0 Å². The number of nitrogens with zero attached hydrogens (tertiary/aromatic N) is 4. The number of aromatic nitrogens is 4. The molecule has 0 aliphatic carbocycles. The van der Waals surface area contributed by atoms with Gasteiger partial charge in [-0.15, -0.1) is 0 Å². The molecule has 2 heterocycles. The summed E-state index contributed by atoms with van der Waals surface area (Å²) in [6.07, 6.45) is 0. The van der Waals surface area contributed by atoms with Crippen molar-refractivity contribution < 1.29 is 0 Å². The highest BCUT2D eigenvalue weighted by molar-refractivity contribution is 6.05. The average Bonchev–Trinajstić information content (AvgIpc) is 3.32. The van der Waals surface area contributed by atoms with E-state index in [1.807, 2.05) is 72.8 Å². The van der Waals surface area contributed by atoms with E-state index in [1.54, 1.807) is 0 Å². The fraction of sp³-hybridized carbons (Fsp3) is 0. The van der Waals surface area contributed by atoms with E-state index in [0.29, 0.717) is 17.5 Å². The van der Waals surface area contributed by atoms with Crippen LogP contribution in [-0.4, -0.2) is 19.9 Å². The lowest BCUT2D eigenvalue weighted by molar-refractivity contribution is 1.07. The highest BCUT2D eigenvalue weighted by atomic mass is 15.0. The van der Waals surface area contributed by atoms with Crippen LogP contribution >= 0.6 is 0 Å². The normalized spacial score (nSPS) is 11.1. The average molecular weight is 741 g/mol. The molecule has 0 saturated heterocycles. The highest BCUT2D eigenvalue weighted by Gasteiger charge is 2.16. The molecule has 272 valence electrons. The molecule has 0 radical (unpaired) electrons. The second-order valence-electron chi connectivity index (χ2n) is 14.3. The van der Waals surface area contributed by atoms with Crippen LogP contribution in [0.5, 0.6) is 0 Å². The van der Waals surface area contributed by atoms with E-state index in [1.165, 1.54) is 16.3 Å². The SMILES string of the molecule is c1ccc(-c2cc(-c3cccc(-c4ccc(-c5cccc(-c6nc(-c7ccccc7)nc(-c7ccccc7)n6)c5)c5ccccc45)c3)cc(-c3ccccc3)n2)cc1. The lowest BCUT2D eigenvalue weighted by Crippen LogP contribution is -2.00. The fourth-order valence-electron chi connectivity index (χ4n) is 7.64. The molecule has 8 aromatic carbocycles. The van der Waals surface area contributed by atoms with Crippen LogP contribution in [0.2, 0.25) is 0 Å². The Morgan fingerprint density at radius 2 is 0.552 bits per heavy atom. The number of hydrogen-bond donors (Lipinski definition) is 0. The second kappa shape index (κ2) is 15.4. The fourth-order valence-corrected chi connectivity index (χ4v) is 7.64. The van der Waals surface area contributed by atoms with Gasteiger partial charge < -0.3 is 0 Å². The summed E-state index contributed by atoms with van der Waals surface area (Å²) in [6, 6.07) is 76.0. The zero-order valence-corrected chi connectivity index (χ0v) is 31.6. The lowest BCUT2D eigenvalue weighted by atomic mass is 9.90. The summed E-state index contributed by atoms with van der Waals surface area (Å²) in [6.45, 7) is 0. The van der Waals surface area contributed by atoms with Crippen molar-refractivity contribution in [3.63, 3.8) is 0 Å². The molecule has 0 fully saturated rings. The van der Waals surface area contributed by atoms with Crippen LogP contribution in [0.25, 0.3) is 101 Å². The quantitative estimate of drug-likeness (QED) is 0.156. The summed E-state index contributed by atoms with van der Waals surface area (Å²) in [5.74, 6) is 1.92. The van der Waals surface area contributed by atoms with Crippen molar-refractivity contribution in [2.75, 3.05) is 0 Å². The topological polar surface area (TPSA) is 51.6 Å². The standard InChI is InChI=1S/C54H36N4/c1-5-17-37(18-6-1)50-35-45(36-51(55-50)38-19-7-2-8-20-38)41-25-15-26-42(33-41)46-31-32-47(49-30-14-13-29-48(46)49)43-27-16-28-44(34-43)54-57-52(39-21-9-3-10-22-39)56-53(58-54)40-23-11-4-12-24-40/h1-36H. The van der Waals surface area contributed by atoms with Crippen LogP contribution in [0.3, 0.4) is 0 Å². The summed E-state index contributed by atoms with van der Waals surface area (Å²) in [5.41, 5.74) is 13.7. The van der Waals surface area contributed by atoms with Crippen molar-refractivity contribution in [2.45, 2.75) is 0 Å². The van der Waals surface area contributed by atoms with E-state index >= 15 is 0 Å². The third-order valence-electron chi connectivity index (χ3n) is 10.5. The zero-order chi connectivity index (χ0) is 38.7. The maximum atomic E-state index is 5.11. The van der Waals surface area contributed by atoms with Crippen LogP contribution in [-0.2, 0) is 0 Å². The molecule has 58 heavy (non-hydrogen) atoms. The summed E-state index contributed by atoms with van der Waals surface area (Å²) in [7, 11) is 0. The van der Waals surface area contributed by atoms with Gasteiger partial charge in [-0.1, -0.05) is 194 Å². The molecule has 0 bridgehead atoms. The van der Waals surface area contributed by atoms with Gasteiger partial charge in [0.05, 0.1) is 11.4 Å². The Bertz CT molecular complexity index is 2710. The summed E-state index contributed by atoms with van der Waals surface area (Å²) >= 11 is 0. The molecule has 2 aromatic heterocycles. The number of benzene rings is 8. The maximum absolute atomic E-state index is 5.11. The molecule has 0 N–H and O–H groups in total. The van der Waals surface area contributed by atoms with E-state index in [0.717, 1.165) is 67.0 Å². The predicted molar refractivity (Wildman–Crippen MR) is 239 cm³/mol. The molecule has 0 spiro atoms. The molecule has 10 rings (SSSR count). The van der Waals surface area contributed by atoms with Gasteiger partial charge in [0.1, 0.15) is 0 Å². The van der Waals surface area contributed by atoms with Crippen LogP contribution in [0.4, 0.5) is 0 Å². The Labute approximate surface area is 337 Å². The molecule has 0 amide bonds. The first kappa shape index (κ1) is 34.7. The molecule has 0 aliphatic rings. The molecule has 0 aliphatic heterocycles. The first-order valence-corrected chi connectivity index (χ1v) is 19.5. The van der Waals surface area contributed by atoms with Crippen molar-refractivity contribution >= 4 is 10.8 Å². The Morgan fingerprint density at radius 1 is 0.207 bits per heavy atom. The van der Waals surface area contributed by atoms with Gasteiger partial charge in [0.2, 0.25) is 0 Å². The minimum Gasteiger partial charge on any atom is -0.248 e. The van der Waals surface area contributed by atoms with Crippen molar-refractivity contribution in [3.05, 3.63) is 218 Å². The smallest absolute Gasteiger partial charge is 0.164 e. The maximum Gasteiger partial charge on any atom is 0.164 e. The largest absolute Gasteiger partial charge is 0.248 e. The lowest BCUT2D eigenvalue weighted by Gasteiger charge is -2.15. The Hall–Kier alpha value is -7.82. The number of pyridine rings is 1. The van der Waals surface area contributed by atoms with E-state index in [4.69, 9.17) is 19.9 Å². The van der Waals surface area contributed by atoms with Gasteiger partial charge in [-0.25, -0.2) is 19.9 Å². The van der Waals surface area contributed by atoms with Crippen molar-refractivity contribution in [3.8, 4) is 90.1 Å². The van der Waals surface area contributed by atoms with E-state index in [2.05, 4.69) is 146 Å². The van der Waals surface area contributed by atoms with Crippen LogP contribution < -0.4 is 0 Å². The van der Waals surface area contributed by atoms with Crippen molar-refractivity contribution in [2.24, 2.45) is 0 Å². The van der Waals surface area contributed by atoms with Crippen LogP contribution in [0, 0.1) is 0 Å². The molecule has 0 unspecified atom stereocenters. The minimum absolute atomic E-state index is 0.634. The van der Waals surface area contributed by atoms with Gasteiger partial charge in [-0.3, -0.25) is 0 Å². The molecule has 0 saturated carbocycles. The highest BCUT2D eigenvalue weighted by Crippen LogP contribution is 2.39. The molecular weight excluding hydrogens is 705 g/mol. The van der Waals surface area contributed by atoms with Gasteiger partial charge >= 0.3 is 0 Å². The van der Waals surface area contributed by atoms with E-state index in [-0.39, 0.29) is 0 Å². The first-order chi connectivity index (χ1) is 28.7. The van der Waals surface area contributed by atoms with Gasteiger partial charge in [-0.2, -0.15) is 0 Å². The number of hydrogen-bond acceptors (Lipinski definition) is 4. The van der Waals surface area contributed by atoms with Crippen molar-refractivity contribution in [1.82, 2.24) is 19.9 Å². The molecule has 0 atom stereocenters. The van der Waals surface area contributed by atoms with Crippen LogP contribution in [0.15, 0.2) is 218 Å². The van der Waals surface area contributed by atoms with Crippen molar-refractivity contribution in [1.29, 1.82) is 0 Å².